The van der Waals surface area contributed by atoms with Gasteiger partial charge in [-0.1, -0.05) is 118 Å². The molecular weight excluding hydrogens is 591 g/mol. The average Bonchev–Trinajstić information content (AvgIpc) is 3.54. The molecule has 2 bridgehead atoms. The van der Waals surface area contributed by atoms with Crippen LogP contribution in [0.2, 0.25) is 0 Å². The number of allylic oxidation sites excluding steroid dienone is 7. The van der Waals surface area contributed by atoms with E-state index in [0.29, 0.717) is 23.2 Å². The first-order chi connectivity index (χ1) is 23.7. The van der Waals surface area contributed by atoms with E-state index >= 15 is 0 Å². The number of hydrogen-bond donors (Lipinski definition) is 0. The normalized spacial score (nSPS) is 35.4. The van der Waals surface area contributed by atoms with E-state index in [0.717, 1.165) is 30.1 Å². The van der Waals surface area contributed by atoms with Gasteiger partial charge in [-0.2, -0.15) is 0 Å². The maximum atomic E-state index is 2.68. The molecule has 0 aliphatic heterocycles. The summed E-state index contributed by atoms with van der Waals surface area (Å²) in [6.45, 7) is 10.0. The fraction of sp³-hybridized carbons (Fsp3) is 0.458. The highest BCUT2D eigenvalue weighted by Crippen LogP contribution is 2.71. The third-order valence-corrected chi connectivity index (χ3v) is 15.3. The van der Waals surface area contributed by atoms with Crippen LogP contribution in [0.5, 0.6) is 0 Å². The van der Waals surface area contributed by atoms with Crippen molar-refractivity contribution >= 4 is 11.4 Å². The van der Waals surface area contributed by atoms with Crippen molar-refractivity contribution in [3.8, 4) is 11.1 Å². The zero-order chi connectivity index (χ0) is 33.1. The van der Waals surface area contributed by atoms with Gasteiger partial charge >= 0.3 is 0 Å². The van der Waals surface area contributed by atoms with E-state index in [1.54, 1.807) is 16.7 Å². The van der Waals surface area contributed by atoms with Crippen molar-refractivity contribution in [2.24, 2.45) is 46.3 Å². The van der Waals surface area contributed by atoms with Crippen LogP contribution in [-0.4, -0.2) is 0 Å². The van der Waals surface area contributed by atoms with Crippen LogP contribution in [0.15, 0.2) is 121 Å². The summed E-state index contributed by atoms with van der Waals surface area (Å²) in [5.74, 6) is 5.36. The lowest BCUT2D eigenvalue weighted by Gasteiger charge is -2.54. The molecular formula is C48H53N. The second kappa shape index (κ2) is 10.7. The van der Waals surface area contributed by atoms with Crippen molar-refractivity contribution in [2.75, 3.05) is 4.90 Å². The van der Waals surface area contributed by atoms with E-state index in [4.69, 9.17) is 0 Å². The summed E-state index contributed by atoms with van der Waals surface area (Å²) in [5.41, 5.74) is 12.4. The monoisotopic (exact) mass is 643 g/mol. The Labute approximate surface area is 294 Å². The molecule has 250 valence electrons. The molecule has 0 N–H and O–H groups in total. The highest BCUT2D eigenvalue weighted by molar-refractivity contribution is 5.79. The van der Waals surface area contributed by atoms with Crippen LogP contribution >= 0.6 is 0 Å². The largest absolute Gasteiger partial charge is 0.311 e. The summed E-state index contributed by atoms with van der Waals surface area (Å²) in [5, 5.41) is 0. The molecule has 0 amide bonds. The minimum atomic E-state index is 0.216. The molecule has 10 rings (SSSR count). The molecule has 0 heterocycles. The molecule has 3 aromatic carbocycles. The van der Waals surface area contributed by atoms with E-state index in [-0.39, 0.29) is 10.8 Å². The van der Waals surface area contributed by atoms with Crippen LogP contribution in [0.4, 0.5) is 11.4 Å². The minimum Gasteiger partial charge on any atom is -0.311 e. The van der Waals surface area contributed by atoms with E-state index < -0.39 is 0 Å². The Balaban J connectivity index is 1.15. The summed E-state index contributed by atoms with van der Waals surface area (Å²) in [6.07, 6.45) is 26.1. The van der Waals surface area contributed by atoms with E-state index in [1.165, 1.54) is 73.1 Å². The molecule has 49 heavy (non-hydrogen) atoms. The minimum absolute atomic E-state index is 0.216. The van der Waals surface area contributed by atoms with Gasteiger partial charge in [-0.05, 0) is 144 Å². The first kappa shape index (κ1) is 30.3. The summed E-state index contributed by atoms with van der Waals surface area (Å²) in [4.78, 5) is 2.68. The second-order valence-corrected chi connectivity index (χ2v) is 18.4. The molecule has 1 nitrogen and oxygen atoms in total. The average molecular weight is 644 g/mol. The zero-order valence-corrected chi connectivity index (χ0v) is 30.0. The highest BCUT2D eigenvalue weighted by atomic mass is 15.2. The molecule has 0 aromatic heterocycles. The van der Waals surface area contributed by atoms with Gasteiger partial charge in [-0.15, -0.1) is 0 Å². The van der Waals surface area contributed by atoms with Crippen molar-refractivity contribution in [3.05, 3.63) is 132 Å². The van der Waals surface area contributed by atoms with Gasteiger partial charge in [0.2, 0.25) is 0 Å². The van der Waals surface area contributed by atoms with Crippen LogP contribution in [0.3, 0.4) is 0 Å². The van der Waals surface area contributed by atoms with Gasteiger partial charge in [0.25, 0.3) is 0 Å². The number of fused-ring (bicyclic) bond motifs is 8. The third kappa shape index (κ3) is 4.36. The third-order valence-electron chi connectivity index (χ3n) is 15.3. The lowest BCUT2D eigenvalue weighted by molar-refractivity contribution is 0.00229. The Morgan fingerprint density at radius 2 is 1.53 bits per heavy atom. The van der Waals surface area contributed by atoms with Gasteiger partial charge in [-0.25, -0.2) is 0 Å². The number of hydrogen-bond acceptors (Lipinski definition) is 1. The highest BCUT2D eigenvalue weighted by Gasteiger charge is 2.64. The van der Waals surface area contributed by atoms with Gasteiger partial charge in [0, 0.05) is 22.7 Å². The summed E-state index contributed by atoms with van der Waals surface area (Å²) < 4.78 is 0. The molecule has 1 spiro atoms. The first-order valence-electron chi connectivity index (χ1n) is 19.6. The number of rotatable bonds is 4. The van der Waals surface area contributed by atoms with Crippen molar-refractivity contribution in [2.45, 2.75) is 90.4 Å². The number of nitrogens with zero attached hydrogens (tertiary/aromatic N) is 1. The summed E-state index contributed by atoms with van der Waals surface area (Å²) in [6, 6.07) is 27.8. The van der Waals surface area contributed by atoms with Crippen molar-refractivity contribution in [1.29, 1.82) is 0 Å². The standard InChI is InChI=1S/C48H53N/c1-46(2)25-26-47(3,4)43-30-36(21-22-40(43)46)49(35-19-17-33(18-20-35)32-11-6-5-7-12-32)44-16-10-15-41-45(44)37-13-8-9-14-39(37)48(41)24-23-31-27-34-29-42(48)38(34)28-31/h5-21,30-31,34,37-40,42H,22-29H2,1-4H3. The van der Waals surface area contributed by atoms with Crippen LogP contribution in [0, 0.1) is 46.3 Å². The summed E-state index contributed by atoms with van der Waals surface area (Å²) >= 11 is 0. The van der Waals surface area contributed by atoms with Gasteiger partial charge in [0.15, 0.2) is 0 Å². The van der Waals surface area contributed by atoms with Crippen LogP contribution in [0.1, 0.15) is 96.1 Å². The van der Waals surface area contributed by atoms with E-state index in [2.05, 4.69) is 142 Å². The Hall–Kier alpha value is -3.58. The molecule has 4 saturated carbocycles. The lowest BCUT2D eigenvalue weighted by atomic mass is 9.49. The molecule has 1 heteroatoms. The summed E-state index contributed by atoms with van der Waals surface area (Å²) in [7, 11) is 0. The van der Waals surface area contributed by atoms with Crippen molar-refractivity contribution in [3.63, 3.8) is 0 Å². The van der Waals surface area contributed by atoms with Crippen LogP contribution in [-0.2, 0) is 5.41 Å². The van der Waals surface area contributed by atoms with Gasteiger partial charge in [-0.3, -0.25) is 0 Å². The zero-order valence-electron chi connectivity index (χ0n) is 30.0. The predicted molar refractivity (Wildman–Crippen MR) is 205 cm³/mol. The Kier molecular flexibility index (Phi) is 6.62. The van der Waals surface area contributed by atoms with Gasteiger partial charge in [0.05, 0.1) is 5.69 Å². The predicted octanol–water partition coefficient (Wildman–Crippen LogP) is 12.7. The Morgan fingerprint density at radius 3 is 2.37 bits per heavy atom. The van der Waals surface area contributed by atoms with Gasteiger partial charge < -0.3 is 4.90 Å². The molecule has 8 unspecified atom stereocenters. The topological polar surface area (TPSA) is 3.24 Å². The maximum Gasteiger partial charge on any atom is 0.0502 e. The molecule has 4 fully saturated rings. The van der Waals surface area contributed by atoms with Crippen LogP contribution < -0.4 is 4.90 Å². The molecule has 3 aromatic rings. The fourth-order valence-electron chi connectivity index (χ4n) is 12.7. The van der Waals surface area contributed by atoms with E-state index in [9.17, 15) is 0 Å². The molecule has 0 radical (unpaired) electrons. The molecule has 7 aliphatic carbocycles. The van der Waals surface area contributed by atoms with Gasteiger partial charge in [0.1, 0.15) is 0 Å². The molecule has 7 aliphatic rings. The number of anilines is 2. The molecule has 8 atom stereocenters. The maximum absolute atomic E-state index is 2.68. The lowest BCUT2D eigenvalue weighted by Crippen LogP contribution is -2.50. The smallest absolute Gasteiger partial charge is 0.0502 e. The quantitative estimate of drug-likeness (QED) is 0.273. The molecule has 0 saturated heterocycles. The fourth-order valence-corrected chi connectivity index (χ4v) is 12.7. The van der Waals surface area contributed by atoms with E-state index in [1.807, 2.05) is 0 Å². The second-order valence-electron chi connectivity index (χ2n) is 18.4. The SMILES string of the molecule is CC1(C)CCC(C)(C)C2CC=C(N(c3ccc(-c4ccccc4)cc3)c3cccc4c3C3C=CC=CC3C43CCC4CC5CC3C5C4)C=C21. The number of benzene rings is 3. The van der Waals surface area contributed by atoms with Crippen molar-refractivity contribution in [1.82, 2.24) is 0 Å². The first-order valence-corrected chi connectivity index (χ1v) is 19.6. The van der Waals surface area contributed by atoms with Crippen molar-refractivity contribution < 1.29 is 0 Å². The Bertz CT molecular complexity index is 1920. The Morgan fingerprint density at radius 1 is 0.735 bits per heavy atom. The van der Waals surface area contributed by atoms with Crippen LogP contribution in [0.25, 0.3) is 11.1 Å².